The summed E-state index contributed by atoms with van der Waals surface area (Å²) in [6.45, 7) is 2.78. The van der Waals surface area contributed by atoms with E-state index in [1.165, 1.54) is 57.8 Å². The van der Waals surface area contributed by atoms with Gasteiger partial charge in [0.2, 0.25) is 0 Å². The van der Waals surface area contributed by atoms with Crippen LogP contribution in [0.3, 0.4) is 0 Å². The molecule has 0 aromatic heterocycles. The van der Waals surface area contributed by atoms with Crippen LogP contribution in [-0.2, 0) is 14.3 Å². The van der Waals surface area contributed by atoms with Gasteiger partial charge in [-0.05, 0) is 43.5 Å². The summed E-state index contributed by atoms with van der Waals surface area (Å²) in [7, 11) is 0. The number of carbonyl (C=O) groups is 2. The standard InChI is InChI=1S/C26H41ClO4/c1-2-3-4-5-6-7-8-9-10-11-15-22-30-25(28)16-13-12-14-17-26(29)31-24-20-18-23(27)19-21-24/h18-21H,2-17,22H2,1H3. The fraction of sp³-hybridized carbons (Fsp3) is 0.692. The van der Waals surface area contributed by atoms with E-state index in [1.807, 2.05) is 0 Å². The Bertz CT molecular complexity index is 586. The van der Waals surface area contributed by atoms with E-state index in [1.54, 1.807) is 24.3 Å². The highest BCUT2D eigenvalue weighted by molar-refractivity contribution is 6.30. The van der Waals surface area contributed by atoms with Crippen molar-refractivity contribution in [1.82, 2.24) is 0 Å². The van der Waals surface area contributed by atoms with Crippen molar-refractivity contribution in [1.29, 1.82) is 0 Å². The van der Waals surface area contributed by atoms with Gasteiger partial charge in [-0.1, -0.05) is 89.2 Å². The largest absolute Gasteiger partial charge is 0.466 e. The summed E-state index contributed by atoms with van der Waals surface area (Å²) in [6, 6.07) is 6.72. The zero-order chi connectivity index (χ0) is 22.6. The van der Waals surface area contributed by atoms with Gasteiger partial charge in [0.25, 0.3) is 0 Å². The Hall–Kier alpha value is -1.55. The summed E-state index contributed by atoms with van der Waals surface area (Å²) in [5.41, 5.74) is 0. The third-order valence-corrected chi connectivity index (χ3v) is 5.57. The van der Waals surface area contributed by atoms with Crippen LogP contribution in [0.4, 0.5) is 0 Å². The Labute approximate surface area is 194 Å². The predicted molar refractivity (Wildman–Crippen MR) is 128 cm³/mol. The van der Waals surface area contributed by atoms with Gasteiger partial charge in [-0.15, -0.1) is 0 Å². The predicted octanol–water partition coefficient (Wildman–Crippen LogP) is 8.05. The van der Waals surface area contributed by atoms with Crippen molar-refractivity contribution in [3.05, 3.63) is 29.3 Å². The fourth-order valence-corrected chi connectivity index (χ4v) is 3.55. The first-order valence-electron chi connectivity index (χ1n) is 12.2. The number of hydrogen-bond donors (Lipinski definition) is 0. The number of benzene rings is 1. The van der Waals surface area contributed by atoms with Gasteiger partial charge in [-0.2, -0.15) is 0 Å². The fourth-order valence-electron chi connectivity index (χ4n) is 3.43. The van der Waals surface area contributed by atoms with Crippen molar-refractivity contribution in [2.24, 2.45) is 0 Å². The minimum Gasteiger partial charge on any atom is -0.466 e. The van der Waals surface area contributed by atoms with Gasteiger partial charge in [-0.25, -0.2) is 0 Å². The van der Waals surface area contributed by atoms with Crippen molar-refractivity contribution in [2.45, 2.75) is 110 Å². The highest BCUT2D eigenvalue weighted by atomic mass is 35.5. The monoisotopic (exact) mass is 452 g/mol. The Morgan fingerprint density at radius 1 is 0.677 bits per heavy atom. The summed E-state index contributed by atoms with van der Waals surface area (Å²) < 4.78 is 10.5. The lowest BCUT2D eigenvalue weighted by molar-refractivity contribution is -0.143. The SMILES string of the molecule is CCCCCCCCCCCCCOC(=O)CCCCCC(=O)Oc1ccc(Cl)cc1. The van der Waals surface area contributed by atoms with E-state index in [0.29, 0.717) is 36.6 Å². The summed E-state index contributed by atoms with van der Waals surface area (Å²) in [4.78, 5) is 23.6. The van der Waals surface area contributed by atoms with Crippen LogP contribution in [-0.4, -0.2) is 18.5 Å². The minimum atomic E-state index is -0.263. The number of carbonyl (C=O) groups excluding carboxylic acids is 2. The zero-order valence-corrected chi connectivity index (χ0v) is 20.1. The van der Waals surface area contributed by atoms with Crippen LogP contribution >= 0.6 is 11.6 Å². The molecule has 0 aliphatic carbocycles. The third-order valence-electron chi connectivity index (χ3n) is 5.32. The molecule has 0 saturated carbocycles. The maximum Gasteiger partial charge on any atom is 0.311 e. The average molecular weight is 453 g/mol. The molecule has 0 spiro atoms. The van der Waals surface area contributed by atoms with Crippen LogP contribution in [0.2, 0.25) is 5.02 Å². The lowest BCUT2D eigenvalue weighted by Gasteiger charge is -2.06. The highest BCUT2D eigenvalue weighted by Crippen LogP contribution is 2.16. The molecule has 0 radical (unpaired) electrons. The lowest BCUT2D eigenvalue weighted by Crippen LogP contribution is -2.08. The van der Waals surface area contributed by atoms with Crippen LogP contribution in [0, 0.1) is 0 Å². The maximum absolute atomic E-state index is 11.8. The minimum absolute atomic E-state index is 0.129. The van der Waals surface area contributed by atoms with Gasteiger partial charge < -0.3 is 9.47 Å². The van der Waals surface area contributed by atoms with Gasteiger partial charge in [-0.3, -0.25) is 9.59 Å². The third kappa shape index (κ3) is 16.8. The van der Waals surface area contributed by atoms with Crippen molar-refractivity contribution in [2.75, 3.05) is 6.61 Å². The van der Waals surface area contributed by atoms with E-state index in [-0.39, 0.29) is 11.9 Å². The van der Waals surface area contributed by atoms with Crippen molar-refractivity contribution < 1.29 is 19.1 Å². The molecule has 0 aliphatic rings. The first-order valence-corrected chi connectivity index (χ1v) is 12.6. The van der Waals surface area contributed by atoms with Gasteiger partial charge >= 0.3 is 11.9 Å². The summed E-state index contributed by atoms with van der Waals surface area (Å²) in [6.07, 6.45) is 17.2. The van der Waals surface area contributed by atoms with Crippen molar-refractivity contribution in [3.8, 4) is 5.75 Å². The number of unbranched alkanes of at least 4 members (excludes halogenated alkanes) is 12. The molecular weight excluding hydrogens is 412 g/mol. The number of halogens is 1. The first-order chi connectivity index (χ1) is 15.1. The van der Waals surface area contributed by atoms with Crippen LogP contribution in [0.5, 0.6) is 5.75 Å². The van der Waals surface area contributed by atoms with E-state index in [0.717, 1.165) is 25.7 Å². The second-order valence-corrected chi connectivity index (χ2v) is 8.68. The van der Waals surface area contributed by atoms with Crippen LogP contribution in [0.25, 0.3) is 0 Å². The zero-order valence-electron chi connectivity index (χ0n) is 19.3. The summed E-state index contributed by atoms with van der Waals surface area (Å²) >= 11 is 5.80. The van der Waals surface area contributed by atoms with Gasteiger partial charge in [0.1, 0.15) is 5.75 Å². The van der Waals surface area contributed by atoms with Crippen LogP contribution < -0.4 is 4.74 Å². The lowest BCUT2D eigenvalue weighted by atomic mass is 10.1. The molecule has 0 N–H and O–H groups in total. The first kappa shape index (κ1) is 27.5. The molecular formula is C26H41ClO4. The molecule has 1 aromatic carbocycles. The summed E-state index contributed by atoms with van der Waals surface area (Å²) in [5, 5.41) is 0.607. The molecule has 0 fully saturated rings. The molecule has 0 amide bonds. The van der Waals surface area contributed by atoms with Gasteiger partial charge in [0, 0.05) is 17.9 Å². The smallest absolute Gasteiger partial charge is 0.311 e. The van der Waals surface area contributed by atoms with Crippen molar-refractivity contribution in [3.63, 3.8) is 0 Å². The Balaban J connectivity index is 1.85. The molecule has 176 valence electrons. The number of rotatable bonds is 19. The molecule has 31 heavy (non-hydrogen) atoms. The molecule has 0 atom stereocenters. The quantitative estimate of drug-likeness (QED) is 0.121. The topological polar surface area (TPSA) is 52.6 Å². The molecule has 0 unspecified atom stereocenters. The number of esters is 2. The van der Waals surface area contributed by atoms with E-state index >= 15 is 0 Å². The van der Waals surface area contributed by atoms with Gasteiger partial charge in [0.15, 0.2) is 0 Å². The molecule has 0 heterocycles. The van der Waals surface area contributed by atoms with E-state index in [9.17, 15) is 9.59 Å². The second-order valence-electron chi connectivity index (χ2n) is 8.24. The number of hydrogen-bond acceptors (Lipinski definition) is 4. The second kappa shape index (κ2) is 19.2. The van der Waals surface area contributed by atoms with E-state index in [4.69, 9.17) is 21.1 Å². The summed E-state index contributed by atoms with van der Waals surface area (Å²) in [5.74, 6) is 0.109. The van der Waals surface area contributed by atoms with Crippen LogP contribution in [0.15, 0.2) is 24.3 Å². The van der Waals surface area contributed by atoms with E-state index < -0.39 is 0 Å². The highest BCUT2D eigenvalue weighted by Gasteiger charge is 2.06. The molecule has 1 aromatic rings. The Kier molecular flexibility index (Phi) is 17.0. The average Bonchev–Trinajstić information content (AvgIpc) is 2.76. The maximum atomic E-state index is 11.8. The molecule has 1 rings (SSSR count). The van der Waals surface area contributed by atoms with Crippen molar-refractivity contribution >= 4 is 23.5 Å². The number of ether oxygens (including phenoxy) is 2. The normalized spacial score (nSPS) is 10.8. The molecule has 5 heteroatoms. The molecule has 4 nitrogen and oxygen atoms in total. The molecule has 0 saturated heterocycles. The molecule has 0 bridgehead atoms. The van der Waals surface area contributed by atoms with Crippen LogP contribution in [0.1, 0.15) is 110 Å². The van der Waals surface area contributed by atoms with E-state index in [2.05, 4.69) is 6.92 Å². The Morgan fingerprint density at radius 2 is 1.16 bits per heavy atom. The van der Waals surface area contributed by atoms with Gasteiger partial charge in [0.05, 0.1) is 6.61 Å². The Morgan fingerprint density at radius 3 is 1.74 bits per heavy atom. The molecule has 0 aliphatic heterocycles.